The van der Waals surface area contributed by atoms with Crippen LogP contribution in [0.3, 0.4) is 0 Å². The van der Waals surface area contributed by atoms with E-state index in [0.29, 0.717) is 18.2 Å². The molecular formula is C18H21ClN2O4S. The molecule has 0 aliphatic rings. The SMILES string of the molecule is CCOc1ccc(CNC(=O)CN(C)S(=O)(=O)c2ccc(Cl)cc2)cc1. The van der Waals surface area contributed by atoms with Gasteiger partial charge in [-0.3, -0.25) is 4.79 Å². The minimum absolute atomic E-state index is 0.0868. The Morgan fingerprint density at radius 2 is 1.73 bits per heavy atom. The number of likely N-dealkylation sites (N-methyl/N-ethyl adjacent to an activating group) is 1. The number of carbonyl (C=O) groups excluding carboxylic acids is 1. The molecule has 1 amide bonds. The Hall–Kier alpha value is -2.09. The zero-order valence-corrected chi connectivity index (χ0v) is 16.2. The second-order valence-electron chi connectivity index (χ2n) is 5.57. The van der Waals surface area contributed by atoms with E-state index < -0.39 is 10.0 Å². The van der Waals surface area contributed by atoms with E-state index in [9.17, 15) is 13.2 Å². The summed E-state index contributed by atoms with van der Waals surface area (Å²) in [7, 11) is -2.39. The largest absolute Gasteiger partial charge is 0.494 e. The lowest BCUT2D eigenvalue weighted by Crippen LogP contribution is -2.38. The average Bonchev–Trinajstić information content (AvgIpc) is 2.61. The molecule has 0 spiro atoms. The highest BCUT2D eigenvalue weighted by molar-refractivity contribution is 7.89. The first-order valence-electron chi connectivity index (χ1n) is 8.03. The Morgan fingerprint density at radius 3 is 2.31 bits per heavy atom. The molecule has 8 heteroatoms. The summed E-state index contributed by atoms with van der Waals surface area (Å²) in [5.41, 5.74) is 0.894. The lowest BCUT2D eigenvalue weighted by atomic mass is 10.2. The maximum atomic E-state index is 12.4. The topological polar surface area (TPSA) is 75.7 Å². The Kier molecular flexibility index (Phi) is 7.02. The van der Waals surface area contributed by atoms with Crippen LogP contribution in [0.15, 0.2) is 53.4 Å². The van der Waals surface area contributed by atoms with Gasteiger partial charge in [0.2, 0.25) is 15.9 Å². The van der Waals surface area contributed by atoms with Gasteiger partial charge in [0, 0.05) is 18.6 Å². The maximum absolute atomic E-state index is 12.4. The quantitative estimate of drug-likeness (QED) is 0.744. The van der Waals surface area contributed by atoms with Crippen LogP contribution >= 0.6 is 11.6 Å². The van der Waals surface area contributed by atoms with Crippen LogP contribution in [-0.4, -0.2) is 38.8 Å². The van der Waals surface area contributed by atoms with Crippen molar-refractivity contribution < 1.29 is 17.9 Å². The number of benzene rings is 2. The number of nitrogens with one attached hydrogen (secondary N) is 1. The van der Waals surface area contributed by atoms with E-state index in [2.05, 4.69) is 5.32 Å². The van der Waals surface area contributed by atoms with Crippen LogP contribution in [0.1, 0.15) is 12.5 Å². The maximum Gasteiger partial charge on any atom is 0.243 e. The molecule has 0 unspecified atom stereocenters. The second-order valence-corrected chi connectivity index (χ2v) is 8.05. The monoisotopic (exact) mass is 396 g/mol. The third kappa shape index (κ3) is 5.45. The van der Waals surface area contributed by atoms with Crippen molar-refractivity contribution in [3.63, 3.8) is 0 Å². The molecule has 0 fully saturated rings. The number of halogens is 1. The minimum atomic E-state index is -3.75. The van der Waals surface area contributed by atoms with Gasteiger partial charge in [-0.05, 0) is 48.9 Å². The van der Waals surface area contributed by atoms with E-state index in [1.807, 2.05) is 31.2 Å². The third-order valence-electron chi connectivity index (χ3n) is 3.61. The molecule has 2 rings (SSSR count). The number of carbonyl (C=O) groups is 1. The van der Waals surface area contributed by atoms with Crippen LogP contribution in [0.25, 0.3) is 0 Å². The molecule has 0 aliphatic heterocycles. The molecule has 0 heterocycles. The number of nitrogens with zero attached hydrogens (tertiary/aromatic N) is 1. The fourth-order valence-electron chi connectivity index (χ4n) is 2.20. The molecule has 26 heavy (non-hydrogen) atoms. The molecule has 140 valence electrons. The Balaban J connectivity index is 1.91. The summed E-state index contributed by atoms with van der Waals surface area (Å²) in [6.45, 7) is 2.52. The molecular weight excluding hydrogens is 376 g/mol. The predicted octanol–water partition coefficient (Wildman–Crippen LogP) is 2.68. The normalized spacial score (nSPS) is 11.4. The lowest BCUT2D eigenvalue weighted by molar-refractivity contribution is -0.121. The van der Waals surface area contributed by atoms with Gasteiger partial charge in [0.15, 0.2) is 0 Å². The van der Waals surface area contributed by atoms with Gasteiger partial charge in [-0.1, -0.05) is 23.7 Å². The molecule has 0 saturated heterocycles. The zero-order valence-electron chi connectivity index (χ0n) is 14.6. The molecule has 0 bridgehead atoms. The average molecular weight is 397 g/mol. The summed E-state index contributed by atoms with van der Waals surface area (Å²) in [4.78, 5) is 12.2. The second kappa shape index (κ2) is 9.02. The van der Waals surface area contributed by atoms with Gasteiger partial charge in [-0.2, -0.15) is 4.31 Å². The van der Waals surface area contributed by atoms with Crippen LogP contribution < -0.4 is 10.1 Å². The van der Waals surface area contributed by atoms with Crippen molar-refractivity contribution in [1.29, 1.82) is 0 Å². The molecule has 0 saturated carbocycles. The van der Waals surface area contributed by atoms with Gasteiger partial charge in [0.05, 0.1) is 18.0 Å². The van der Waals surface area contributed by atoms with Gasteiger partial charge in [-0.25, -0.2) is 8.42 Å². The van der Waals surface area contributed by atoms with Crippen molar-refractivity contribution in [1.82, 2.24) is 9.62 Å². The Labute approximate surface area is 158 Å². The smallest absolute Gasteiger partial charge is 0.243 e. The standard InChI is InChI=1S/C18H21ClN2O4S/c1-3-25-16-8-4-14(5-9-16)12-20-18(22)13-21(2)26(23,24)17-10-6-15(19)7-11-17/h4-11H,3,12-13H2,1-2H3,(H,20,22). The molecule has 0 aliphatic carbocycles. The van der Waals surface area contributed by atoms with Gasteiger partial charge < -0.3 is 10.1 Å². The number of amides is 1. The van der Waals surface area contributed by atoms with Crippen LogP contribution in [0.5, 0.6) is 5.75 Å². The van der Waals surface area contributed by atoms with E-state index in [0.717, 1.165) is 15.6 Å². The van der Waals surface area contributed by atoms with Crippen LogP contribution in [-0.2, 0) is 21.4 Å². The zero-order chi connectivity index (χ0) is 19.2. The van der Waals surface area contributed by atoms with E-state index in [-0.39, 0.29) is 17.3 Å². The first-order valence-corrected chi connectivity index (χ1v) is 9.85. The van der Waals surface area contributed by atoms with Crippen LogP contribution in [0.4, 0.5) is 0 Å². The summed E-state index contributed by atoms with van der Waals surface area (Å²) in [6, 6.07) is 13.1. The van der Waals surface area contributed by atoms with Gasteiger partial charge >= 0.3 is 0 Å². The molecule has 2 aromatic rings. The van der Waals surface area contributed by atoms with E-state index >= 15 is 0 Å². The van der Waals surface area contributed by atoms with Crippen molar-refractivity contribution in [3.05, 3.63) is 59.1 Å². The molecule has 6 nitrogen and oxygen atoms in total. The van der Waals surface area contributed by atoms with Crippen LogP contribution in [0, 0.1) is 0 Å². The van der Waals surface area contributed by atoms with Crippen molar-refractivity contribution in [3.8, 4) is 5.75 Å². The van der Waals surface area contributed by atoms with E-state index in [1.54, 1.807) is 0 Å². The fraction of sp³-hybridized carbons (Fsp3) is 0.278. The van der Waals surface area contributed by atoms with Crippen molar-refractivity contribution in [2.24, 2.45) is 0 Å². The molecule has 0 radical (unpaired) electrons. The highest BCUT2D eigenvalue weighted by Crippen LogP contribution is 2.17. The fourth-order valence-corrected chi connectivity index (χ4v) is 3.45. The van der Waals surface area contributed by atoms with E-state index in [4.69, 9.17) is 16.3 Å². The molecule has 0 atom stereocenters. The predicted molar refractivity (Wildman–Crippen MR) is 101 cm³/mol. The Bertz CT molecular complexity index is 836. The highest BCUT2D eigenvalue weighted by atomic mass is 35.5. The minimum Gasteiger partial charge on any atom is -0.494 e. The van der Waals surface area contributed by atoms with Crippen molar-refractivity contribution in [2.75, 3.05) is 20.2 Å². The summed E-state index contributed by atoms with van der Waals surface area (Å²) in [6.07, 6.45) is 0. The summed E-state index contributed by atoms with van der Waals surface area (Å²) < 4.78 is 31.2. The van der Waals surface area contributed by atoms with Crippen LogP contribution in [0.2, 0.25) is 5.02 Å². The van der Waals surface area contributed by atoms with Crippen molar-refractivity contribution >= 4 is 27.5 Å². The van der Waals surface area contributed by atoms with Gasteiger partial charge in [0.25, 0.3) is 0 Å². The first-order chi connectivity index (χ1) is 12.3. The number of ether oxygens (including phenoxy) is 1. The third-order valence-corrected chi connectivity index (χ3v) is 5.68. The highest BCUT2D eigenvalue weighted by Gasteiger charge is 2.22. The van der Waals surface area contributed by atoms with Crippen molar-refractivity contribution in [2.45, 2.75) is 18.4 Å². The molecule has 1 N–H and O–H groups in total. The summed E-state index contributed by atoms with van der Waals surface area (Å²) in [5, 5.41) is 3.15. The summed E-state index contributed by atoms with van der Waals surface area (Å²) in [5.74, 6) is 0.371. The Morgan fingerprint density at radius 1 is 1.12 bits per heavy atom. The summed E-state index contributed by atoms with van der Waals surface area (Å²) >= 11 is 5.77. The van der Waals surface area contributed by atoms with Gasteiger partial charge in [-0.15, -0.1) is 0 Å². The molecule has 0 aromatic heterocycles. The lowest BCUT2D eigenvalue weighted by Gasteiger charge is -2.17. The first kappa shape index (κ1) is 20.2. The van der Waals surface area contributed by atoms with E-state index in [1.165, 1.54) is 31.3 Å². The molecule has 2 aromatic carbocycles. The number of sulfonamides is 1. The number of hydrogen-bond acceptors (Lipinski definition) is 4. The van der Waals surface area contributed by atoms with Gasteiger partial charge in [0.1, 0.15) is 5.75 Å². The number of rotatable bonds is 8. The number of hydrogen-bond donors (Lipinski definition) is 1.